The van der Waals surface area contributed by atoms with Gasteiger partial charge in [-0.25, -0.2) is 0 Å². The molecule has 1 heterocycles. The quantitative estimate of drug-likeness (QED) is 0.123. The maximum absolute atomic E-state index is 15.1. The lowest BCUT2D eigenvalue weighted by Crippen LogP contribution is -2.63. The van der Waals surface area contributed by atoms with E-state index in [-0.39, 0.29) is 54.3 Å². The Morgan fingerprint density at radius 3 is 1.31 bits per heavy atom. The van der Waals surface area contributed by atoms with Crippen LogP contribution in [0.4, 0.5) is 0 Å². The minimum absolute atomic E-state index is 0.0767. The van der Waals surface area contributed by atoms with Crippen molar-refractivity contribution in [3.05, 3.63) is 12.2 Å². The SMILES string of the molecule is C/C=C/CC(C)C(O)[C@@H]1C(=O)N[C@@H](C)C(=O)N(C)CC(=O)N(C)[C@@H](CC(C)C)C(=O)N[C@@H](C(C)C)C(=O)N(C)[C@@H](CC(C)C)C(=O)N[C@@H](C)C(=S)N[C@@H](C)C(=O)N(C)[C@@H](CC(C)C)C(=O)N(C)[C@@H](CC(C)C)C(=O)N(C)[C@@H](C(C)C)C(=O)N1C. The summed E-state index contributed by atoms with van der Waals surface area (Å²) in [5.74, 6) is -8.37. The van der Waals surface area contributed by atoms with Gasteiger partial charge in [-0.1, -0.05) is 114 Å². The predicted octanol–water partition coefficient (Wildman–Crippen LogP) is 3.68. The Morgan fingerprint density at radius 2 is 0.857 bits per heavy atom. The van der Waals surface area contributed by atoms with Crippen molar-refractivity contribution >= 4 is 76.3 Å². The second-order valence-corrected chi connectivity index (χ2v) is 26.3. The van der Waals surface area contributed by atoms with Crippen LogP contribution >= 0.6 is 12.2 Å². The Kier molecular flexibility index (Phi) is 31.3. The standard InChI is InChI=1S/C61H109N11O11S/c1-25-26-27-39(14)51(74)50-54(77)63-41(16)56(78)66(18)32-47(73)67(19)43(28-33(2)3)53(76)65-48(37(10)11)60(82)68(20)44(29-34(4)5)52(75)62-40(15)55(84)64-42(17)57(79)69(21)45(30-35(6)7)58(80)70(22)46(31-36(8)9)59(81)71(23)49(38(12)13)61(83)72(50)24/h25-26,33-46,48-51,74H,27-32H2,1-24H3,(H,62,75)(H,63,77)(H,64,84)(H,65,76)/b26-25+/t39?,40-,41-,42-,43-,44-,45-,46-,48-,49-,50+,51?/m0/s1. The van der Waals surface area contributed by atoms with E-state index in [2.05, 4.69) is 21.3 Å². The smallest absolute Gasteiger partial charge is 0.246 e. The first-order chi connectivity index (χ1) is 38.7. The number of rotatable bonds is 14. The number of aliphatic hydroxyl groups excluding tert-OH is 1. The van der Waals surface area contributed by atoms with Gasteiger partial charge in [0.2, 0.25) is 59.1 Å². The van der Waals surface area contributed by atoms with E-state index in [1.165, 1.54) is 80.8 Å². The molecule has 0 aliphatic carbocycles. The Bertz CT molecular complexity index is 2310. The summed E-state index contributed by atoms with van der Waals surface area (Å²) in [4.78, 5) is 155. The summed E-state index contributed by atoms with van der Waals surface area (Å²) in [6, 6.07) is -11.5. The third-order valence-corrected chi connectivity index (χ3v) is 16.3. The molecule has 0 aromatic rings. The van der Waals surface area contributed by atoms with Crippen LogP contribution in [0.3, 0.4) is 0 Å². The highest BCUT2D eigenvalue weighted by Gasteiger charge is 2.45. The van der Waals surface area contributed by atoms with Crippen LogP contribution in [0, 0.1) is 41.4 Å². The molecular weight excluding hydrogens is 1090 g/mol. The van der Waals surface area contributed by atoms with Gasteiger partial charge in [0.05, 0.1) is 23.7 Å². The molecule has 1 fully saturated rings. The topological polar surface area (TPSA) is 262 Å². The molecule has 0 bridgehead atoms. The molecule has 0 saturated carbocycles. The molecular formula is C61H109N11O11S. The molecule has 1 aliphatic rings. The van der Waals surface area contributed by atoms with E-state index in [1.54, 1.807) is 61.5 Å². The average Bonchev–Trinajstić information content (AvgIpc) is 2.58. The maximum Gasteiger partial charge on any atom is 0.246 e. The summed E-state index contributed by atoms with van der Waals surface area (Å²) >= 11 is 5.77. The fourth-order valence-electron chi connectivity index (χ4n) is 10.5. The van der Waals surface area contributed by atoms with E-state index < -0.39 is 150 Å². The number of aliphatic hydroxyl groups is 1. The fourth-order valence-corrected chi connectivity index (χ4v) is 10.7. The lowest BCUT2D eigenvalue weighted by molar-refractivity contribution is -0.157. The van der Waals surface area contributed by atoms with Crippen LogP contribution in [0.15, 0.2) is 12.2 Å². The number of thiocarbonyl (C=S) groups is 1. The van der Waals surface area contributed by atoms with Crippen LogP contribution in [0.5, 0.6) is 0 Å². The Balaban J connectivity index is 4.28. The second kappa shape index (κ2) is 34.4. The fraction of sp³-hybridized carbons (Fsp3) is 0.787. The van der Waals surface area contributed by atoms with E-state index in [0.29, 0.717) is 6.42 Å². The summed E-state index contributed by atoms with van der Waals surface area (Å²) in [5.41, 5.74) is 0. The largest absolute Gasteiger partial charge is 0.390 e. The first-order valence-corrected chi connectivity index (χ1v) is 30.4. The minimum Gasteiger partial charge on any atom is -0.390 e. The number of hydrogen-bond acceptors (Lipinski definition) is 12. The van der Waals surface area contributed by atoms with Gasteiger partial charge in [-0.3, -0.25) is 47.9 Å². The molecule has 23 heteroatoms. The van der Waals surface area contributed by atoms with Crippen LogP contribution < -0.4 is 21.3 Å². The molecule has 0 spiro atoms. The first kappa shape index (κ1) is 76.3. The summed E-state index contributed by atoms with van der Waals surface area (Å²) in [6.07, 6.45) is 3.21. The molecule has 10 amide bonds. The van der Waals surface area contributed by atoms with Crippen molar-refractivity contribution in [1.29, 1.82) is 0 Å². The summed E-state index contributed by atoms with van der Waals surface area (Å²) in [6.45, 7) is 29.7. The first-order valence-electron chi connectivity index (χ1n) is 30.0. The van der Waals surface area contributed by atoms with Crippen molar-refractivity contribution in [2.45, 2.75) is 216 Å². The molecule has 1 saturated heterocycles. The van der Waals surface area contributed by atoms with E-state index in [4.69, 9.17) is 12.2 Å². The number of allylic oxidation sites excluding steroid dienone is 2. The van der Waals surface area contributed by atoms with Crippen molar-refractivity contribution < 1.29 is 53.1 Å². The molecule has 0 radical (unpaired) electrons. The molecule has 5 N–H and O–H groups in total. The zero-order chi connectivity index (χ0) is 65.3. The lowest BCUT2D eigenvalue weighted by atomic mass is 9.91. The van der Waals surface area contributed by atoms with Crippen molar-refractivity contribution in [2.75, 3.05) is 55.9 Å². The normalized spacial score (nSPS) is 27.1. The molecule has 1 aliphatic heterocycles. The van der Waals surface area contributed by atoms with Crippen molar-refractivity contribution in [3.8, 4) is 0 Å². The summed E-state index contributed by atoms with van der Waals surface area (Å²) in [7, 11) is 10.1. The number of nitrogens with one attached hydrogen (secondary N) is 4. The molecule has 84 heavy (non-hydrogen) atoms. The Morgan fingerprint density at radius 1 is 0.464 bits per heavy atom. The minimum atomic E-state index is -1.60. The molecule has 12 atom stereocenters. The van der Waals surface area contributed by atoms with Crippen LogP contribution in [-0.2, 0) is 47.9 Å². The van der Waals surface area contributed by atoms with Crippen LogP contribution in [0.25, 0.3) is 0 Å². The average molecular weight is 1200 g/mol. The number of carbonyl (C=O) groups is 10. The monoisotopic (exact) mass is 1200 g/mol. The van der Waals surface area contributed by atoms with Gasteiger partial charge in [0.25, 0.3) is 0 Å². The van der Waals surface area contributed by atoms with Gasteiger partial charge in [-0.05, 0) is 101 Å². The van der Waals surface area contributed by atoms with Gasteiger partial charge in [0.15, 0.2) is 0 Å². The third kappa shape index (κ3) is 21.4. The van der Waals surface area contributed by atoms with Crippen LogP contribution in [0.1, 0.15) is 150 Å². The van der Waals surface area contributed by atoms with E-state index in [1.807, 2.05) is 61.5 Å². The molecule has 22 nitrogen and oxygen atoms in total. The summed E-state index contributed by atoms with van der Waals surface area (Å²) < 4.78 is 0. The zero-order valence-electron chi connectivity index (χ0n) is 55.4. The van der Waals surface area contributed by atoms with Crippen molar-refractivity contribution in [1.82, 2.24) is 55.6 Å². The van der Waals surface area contributed by atoms with E-state index >= 15 is 9.59 Å². The number of likely N-dealkylation sites (N-methyl/N-ethyl adjacent to an activating group) is 7. The number of hydrogen-bond donors (Lipinski definition) is 5. The molecule has 0 aromatic heterocycles. The van der Waals surface area contributed by atoms with Gasteiger partial charge in [-0.15, -0.1) is 0 Å². The van der Waals surface area contributed by atoms with E-state index in [9.17, 15) is 43.5 Å². The lowest BCUT2D eigenvalue weighted by Gasteiger charge is -2.41. The summed E-state index contributed by atoms with van der Waals surface area (Å²) in [5, 5.41) is 23.5. The number of carbonyl (C=O) groups excluding carboxylic acids is 10. The van der Waals surface area contributed by atoms with Gasteiger partial charge < -0.3 is 60.7 Å². The molecule has 480 valence electrons. The van der Waals surface area contributed by atoms with Crippen LogP contribution in [-0.4, -0.2) is 226 Å². The number of nitrogens with zero attached hydrogens (tertiary/aromatic N) is 7. The Hall–Kier alpha value is -5.71. The van der Waals surface area contributed by atoms with Crippen LogP contribution in [0.2, 0.25) is 0 Å². The Labute approximate surface area is 508 Å². The molecule has 2 unspecified atom stereocenters. The highest BCUT2D eigenvalue weighted by atomic mass is 32.1. The number of amides is 10. The predicted molar refractivity (Wildman–Crippen MR) is 331 cm³/mol. The highest BCUT2D eigenvalue weighted by molar-refractivity contribution is 7.80. The van der Waals surface area contributed by atoms with Crippen molar-refractivity contribution in [3.63, 3.8) is 0 Å². The van der Waals surface area contributed by atoms with Gasteiger partial charge in [0.1, 0.15) is 54.4 Å². The molecule has 0 aromatic carbocycles. The third-order valence-electron chi connectivity index (χ3n) is 15.8. The molecule has 1 rings (SSSR count). The second-order valence-electron chi connectivity index (χ2n) is 25.9. The van der Waals surface area contributed by atoms with Crippen molar-refractivity contribution in [2.24, 2.45) is 41.4 Å². The van der Waals surface area contributed by atoms with Gasteiger partial charge in [-0.2, -0.15) is 0 Å². The van der Waals surface area contributed by atoms with E-state index in [0.717, 1.165) is 9.80 Å². The van der Waals surface area contributed by atoms with Gasteiger partial charge in [0, 0.05) is 49.3 Å². The maximum atomic E-state index is 15.1. The highest BCUT2D eigenvalue weighted by Crippen LogP contribution is 2.25. The zero-order valence-corrected chi connectivity index (χ0v) is 56.2. The van der Waals surface area contributed by atoms with Gasteiger partial charge >= 0.3 is 0 Å².